The molecule has 186 valence electrons. The molecule has 2 aliphatic rings. The van der Waals surface area contributed by atoms with Gasteiger partial charge in [0.25, 0.3) is 11.8 Å². The van der Waals surface area contributed by atoms with Crippen LogP contribution in [-0.2, 0) is 20.8 Å². The maximum atomic E-state index is 13.1. The largest absolute Gasteiger partial charge is 0.456 e. The number of nitrogens with zero attached hydrogens (tertiary/aromatic N) is 2. The fraction of sp³-hybridized carbons (Fsp3) is 0.481. The molecule has 2 aromatic rings. The van der Waals surface area contributed by atoms with Gasteiger partial charge in [-0.05, 0) is 57.2 Å². The van der Waals surface area contributed by atoms with Gasteiger partial charge in [0, 0.05) is 30.1 Å². The van der Waals surface area contributed by atoms with Gasteiger partial charge in [-0.1, -0.05) is 26.0 Å². The molecule has 0 bridgehead atoms. The summed E-state index contributed by atoms with van der Waals surface area (Å²) in [5.74, 6) is -2.09. The quantitative estimate of drug-likeness (QED) is 0.308. The molecule has 0 radical (unpaired) electrons. The summed E-state index contributed by atoms with van der Waals surface area (Å²) in [4.78, 5) is 52.9. The lowest BCUT2D eigenvalue weighted by molar-refractivity contribution is -0.147. The molecular formula is C27H32N2O6. The van der Waals surface area contributed by atoms with Gasteiger partial charge in [0.2, 0.25) is 5.78 Å². The average molecular weight is 481 g/mol. The number of esters is 1. The SMILES string of the molecule is Cc1cc(C(=O)COC(=O)C(CC(C)C)N2C(=O)c3ccccc3C2=O)c(C)n1CC1CCCO1. The molecule has 2 aliphatic heterocycles. The van der Waals surface area contributed by atoms with Crippen molar-refractivity contribution in [2.45, 2.75) is 65.6 Å². The van der Waals surface area contributed by atoms with Gasteiger partial charge in [-0.15, -0.1) is 0 Å². The highest BCUT2D eigenvalue weighted by atomic mass is 16.5. The first-order valence-electron chi connectivity index (χ1n) is 12.1. The predicted octanol–water partition coefficient (Wildman–Crippen LogP) is 3.72. The second kappa shape index (κ2) is 10.2. The number of ketones is 1. The van der Waals surface area contributed by atoms with E-state index >= 15 is 0 Å². The van der Waals surface area contributed by atoms with Gasteiger partial charge in [0.1, 0.15) is 6.04 Å². The van der Waals surface area contributed by atoms with Gasteiger partial charge in [-0.3, -0.25) is 19.3 Å². The lowest BCUT2D eigenvalue weighted by Gasteiger charge is -2.25. The highest BCUT2D eigenvalue weighted by molar-refractivity contribution is 6.22. The summed E-state index contributed by atoms with van der Waals surface area (Å²) in [5.41, 5.74) is 2.78. The maximum absolute atomic E-state index is 13.1. The van der Waals surface area contributed by atoms with Gasteiger partial charge >= 0.3 is 5.97 Å². The number of carbonyl (C=O) groups is 4. The maximum Gasteiger partial charge on any atom is 0.329 e. The van der Waals surface area contributed by atoms with Crippen LogP contribution in [0.3, 0.4) is 0 Å². The molecule has 2 unspecified atom stereocenters. The molecule has 35 heavy (non-hydrogen) atoms. The van der Waals surface area contributed by atoms with Gasteiger partial charge in [-0.2, -0.15) is 0 Å². The van der Waals surface area contributed by atoms with E-state index in [4.69, 9.17) is 9.47 Å². The minimum absolute atomic E-state index is 0.0179. The first kappa shape index (κ1) is 24.9. The average Bonchev–Trinajstić information content (AvgIpc) is 3.51. The molecule has 0 spiro atoms. The van der Waals surface area contributed by atoms with Crippen molar-refractivity contribution in [2.75, 3.05) is 13.2 Å². The van der Waals surface area contributed by atoms with E-state index in [0.717, 1.165) is 35.7 Å². The van der Waals surface area contributed by atoms with Crippen molar-refractivity contribution in [3.63, 3.8) is 0 Å². The Bertz CT molecular complexity index is 1120. The standard InChI is InChI=1S/C27H32N2O6/c1-16(2)12-23(29-25(31)20-9-5-6-10-21(20)26(29)32)27(33)35-15-24(30)22-13-17(3)28(18(22)4)14-19-8-7-11-34-19/h5-6,9-10,13,16,19,23H,7-8,11-12,14-15H2,1-4H3. The number of benzene rings is 1. The third-order valence-corrected chi connectivity index (χ3v) is 6.73. The van der Waals surface area contributed by atoms with Crippen molar-refractivity contribution in [1.29, 1.82) is 0 Å². The molecule has 1 aromatic carbocycles. The molecule has 1 fully saturated rings. The van der Waals surface area contributed by atoms with Gasteiger partial charge < -0.3 is 14.0 Å². The molecular weight excluding hydrogens is 448 g/mol. The first-order chi connectivity index (χ1) is 16.7. The van der Waals surface area contributed by atoms with E-state index in [0.29, 0.717) is 12.1 Å². The van der Waals surface area contributed by atoms with Crippen LogP contribution >= 0.6 is 0 Å². The van der Waals surface area contributed by atoms with Crippen molar-refractivity contribution in [2.24, 2.45) is 5.92 Å². The highest BCUT2D eigenvalue weighted by Gasteiger charge is 2.43. The van der Waals surface area contributed by atoms with Crippen LogP contribution in [0.25, 0.3) is 0 Å². The third kappa shape index (κ3) is 4.93. The number of aromatic nitrogens is 1. The van der Waals surface area contributed by atoms with Crippen molar-refractivity contribution in [1.82, 2.24) is 9.47 Å². The van der Waals surface area contributed by atoms with Crippen LogP contribution in [0.1, 0.15) is 75.6 Å². The smallest absolute Gasteiger partial charge is 0.329 e. The second-order valence-electron chi connectivity index (χ2n) is 9.73. The Morgan fingerprint density at radius 3 is 2.34 bits per heavy atom. The molecule has 3 heterocycles. The summed E-state index contributed by atoms with van der Waals surface area (Å²) in [6.07, 6.45) is 2.41. The van der Waals surface area contributed by atoms with Crippen LogP contribution in [-0.4, -0.2) is 58.4 Å². The highest BCUT2D eigenvalue weighted by Crippen LogP contribution is 2.28. The Balaban J connectivity index is 1.46. The number of aryl methyl sites for hydroxylation is 1. The number of carbonyl (C=O) groups excluding carboxylic acids is 4. The number of fused-ring (bicyclic) bond motifs is 1. The number of rotatable bonds is 9. The molecule has 0 saturated carbocycles. The summed E-state index contributed by atoms with van der Waals surface area (Å²) in [7, 11) is 0. The number of amides is 2. The zero-order valence-electron chi connectivity index (χ0n) is 20.7. The van der Waals surface area contributed by atoms with Crippen molar-refractivity contribution < 1.29 is 28.7 Å². The van der Waals surface area contributed by atoms with E-state index < -0.39 is 30.4 Å². The van der Waals surface area contributed by atoms with Crippen LogP contribution in [0, 0.1) is 19.8 Å². The number of Topliss-reactive ketones (excluding diaryl/α,β-unsaturated/α-hetero) is 1. The Morgan fingerprint density at radius 2 is 1.77 bits per heavy atom. The van der Waals surface area contributed by atoms with Crippen LogP contribution in [0.2, 0.25) is 0 Å². The molecule has 8 nitrogen and oxygen atoms in total. The van der Waals surface area contributed by atoms with Gasteiger partial charge in [0.15, 0.2) is 6.61 Å². The lowest BCUT2D eigenvalue weighted by Crippen LogP contribution is -2.46. The minimum atomic E-state index is -1.10. The molecule has 2 atom stereocenters. The van der Waals surface area contributed by atoms with E-state index in [-0.39, 0.29) is 35.4 Å². The van der Waals surface area contributed by atoms with Crippen LogP contribution in [0.4, 0.5) is 0 Å². The number of hydrogen-bond acceptors (Lipinski definition) is 6. The van der Waals surface area contributed by atoms with Crippen LogP contribution < -0.4 is 0 Å². The molecule has 8 heteroatoms. The number of ether oxygens (including phenoxy) is 2. The van der Waals surface area contributed by atoms with Gasteiger partial charge in [0.05, 0.1) is 17.2 Å². The van der Waals surface area contributed by atoms with E-state index in [1.54, 1.807) is 30.3 Å². The zero-order valence-corrected chi connectivity index (χ0v) is 20.7. The Labute approximate surface area is 205 Å². The van der Waals surface area contributed by atoms with E-state index in [1.807, 2.05) is 27.7 Å². The number of hydrogen-bond donors (Lipinski definition) is 0. The Kier molecular flexibility index (Phi) is 7.21. The fourth-order valence-corrected chi connectivity index (χ4v) is 4.91. The predicted molar refractivity (Wildman–Crippen MR) is 128 cm³/mol. The van der Waals surface area contributed by atoms with Crippen molar-refractivity contribution in [3.05, 3.63) is 58.4 Å². The molecule has 2 amide bonds. The lowest BCUT2D eigenvalue weighted by atomic mass is 10.0. The fourth-order valence-electron chi connectivity index (χ4n) is 4.91. The normalized spacial score (nSPS) is 18.3. The second-order valence-corrected chi connectivity index (χ2v) is 9.73. The van der Waals surface area contributed by atoms with E-state index in [1.165, 1.54) is 0 Å². The van der Waals surface area contributed by atoms with Crippen molar-refractivity contribution >= 4 is 23.6 Å². The topological polar surface area (TPSA) is 94.9 Å². The first-order valence-corrected chi connectivity index (χ1v) is 12.1. The van der Waals surface area contributed by atoms with Crippen LogP contribution in [0.5, 0.6) is 0 Å². The number of imide groups is 1. The summed E-state index contributed by atoms with van der Waals surface area (Å²) in [5, 5.41) is 0. The summed E-state index contributed by atoms with van der Waals surface area (Å²) < 4.78 is 13.2. The molecule has 0 N–H and O–H groups in total. The van der Waals surface area contributed by atoms with E-state index in [9.17, 15) is 19.2 Å². The third-order valence-electron chi connectivity index (χ3n) is 6.73. The summed E-state index contributed by atoms with van der Waals surface area (Å²) in [6.45, 7) is 8.58. The summed E-state index contributed by atoms with van der Waals surface area (Å²) >= 11 is 0. The summed E-state index contributed by atoms with van der Waals surface area (Å²) in [6, 6.07) is 7.21. The zero-order chi connectivity index (χ0) is 25.3. The van der Waals surface area contributed by atoms with Crippen LogP contribution in [0.15, 0.2) is 30.3 Å². The molecule has 1 aromatic heterocycles. The Morgan fingerprint density at radius 1 is 1.11 bits per heavy atom. The molecule has 1 saturated heterocycles. The van der Waals surface area contributed by atoms with E-state index in [2.05, 4.69) is 4.57 Å². The molecule has 4 rings (SSSR count). The minimum Gasteiger partial charge on any atom is -0.456 e. The Hall–Kier alpha value is -3.26. The molecule has 0 aliphatic carbocycles. The monoisotopic (exact) mass is 480 g/mol. The van der Waals surface area contributed by atoms with Crippen molar-refractivity contribution in [3.8, 4) is 0 Å². The van der Waals surface area contributed by atoms with Gasteiger partial charge in [-0.25, -0.2) is 4.79 Å².